The Morgan fingerprint density at radius 3 is 2.72 bits per heavy atom. The monoisotopic (exact) mass is 249 g/mol. The first-order valence-electron chi connectivity index (χ1n) is 6.28. The van der Waals surface area contributed by atoms with Gasteiger partial charge in [-0.15, -0.1) is 0 Å². The van der Waals surface area contributed by atoms with Crippen molar-refractivity contribution in [2.75, 3.05) is 6.61 Å². The van der Waals surface area contributed by atoms with Gasteiger partial charge in [-0.1, -0.05) is 0 Å². The predicted octanol–water partition coefficient (Wildman–Crippen LogP) is 1.08. The standard InChI is InChI=1S/C13H19N3O2/c14-11-3-1-9(2-4-11)8-18-12-5-10(13(15)17)6-16-7-12/h5-7,9,11H,1-4,8,14H2,(H2,15,17)/t9-,11-. The van der Waals surface area contributed by atoms with Crippen molar-refractivity contribution in [2.45, 2.75) is 31.7 Å². The summed E-state index contributed by atoms with van der Waals surface area (Å²) >= 11 is 0. The molecule has 1 aliphatic carbocycles. The molecule has 1 amide bonds. The summed E-state index contributed by atoms with van der Waals surface area (Å²) in [6.07, 6.45) is 7.37. The normalized spacial score (nSPS) is 23.6. The third kappa shape index (κ3) is 3.43. The Kier molecular flexibility index (Phi) is 4.15. The molecule has 2 rings (SSSR count). The summed E-state index contributed by atoms with van der Waals surface area (Å²) in [4.78, 5) is 14.9. The van der Waals surface area contributed by atoms with E-state index in [2.05, 4.69) is 4.98 Å². The van der Waals surface area contributed by atoms with Crippen molar-refractivity contribution in [1.29, 1.82) is 0 Å². The predicted molar refractivity (Wildman–Crippen MR) is 68.2 cm³/mol. The van der Waals surface area contributed by atoms with Crippen molar-refractivity contribution < 1.29 is 9.53 Å². The van der Waals surface area contributed by atoms with Gasteiger partial charge in [0.25, 0.3) is 0 Å². The van der Waals surface area contributed by atoms with Gasteiger partial charge in [0, 0.05) is 12.2 Å². The molecular weight excluding hydrogens is 230 g/mol. The minimum Gasteiger partial charge on any atom is -0.492 e. The van der Waals surface area contributed by atoms with Crippen molar-refractivity contribution in [3.8, 4) is 5.75 Å². The zero-order valence-electron chi connectivity index (χ0n) is 10.3. The van der Waals surface area contributed by atoms with Crippen LogP contribution in [0.25, 0.3) is 0 Å². The van der Waals surface area contributed by atoms with Crippen molar-refractivity contribution in [3.05, 3.63) is 24.0 Å². The number of rotatable bonds is 4. The number of aromatic nitrogens is 1. The van der Waals surface area contributed by atoms with Gasteiger partial charge < -0.3 is 16.2 Å². The van der Waals surface area contributed by atoms with Crippen molar-refractivity contribution in [2.24, 2.45) is 17.4 Å². The second kappa shape index (κ2) is 5.82. The smallest absolute Gasteiger partial charge is 0.250 e. The number of nitrogens with two attached hydrogens (primary N) is 2. The molecule has 18 heavy (non-hydrogen) atoms. The van der Waals surface area contributed by atoms with E-state index >= 15 is 0 Å². The SMILES string of the molecule is NC(=O)c1cncc(OC[C@H]2CC[C@H](N)CC2)c1. The molecule has 0 spiro atoms. The molecule has 1 heterocycles. The second-order valence-electron chi connectivity index (χ2n) is 4.87. The Balaban J connectivity index is 1.86. The minimum absolute atomic E-state index is 0.348. The highest BCUT2D eigenvalue weighted by molar-refractivity contribution is 5.92. The molecule has 1 aliphatic rings. The summed E-state index contributed by atoms with van der Waals surface area (Å²) in [6.45, 7) is 0.649. The highest BCUT2D eigenvalue weighted by Crippen LogP contribution is 2.24. The molecule has 4 N–H and O–H groups in total. The maximum atomic E-state index is 11.0. The van der Waals surface area contributed by atoms with Crippen LogP contribution in [0, 0.1) is 5.92 Å². The number of pyridine rings is 1. The Hall–Kier alpha value is -1.62. The quantitative estimate of drug-likeness (QED) is 0.835. The Morgan fingerprint density at radius 2 is 2.06 bits per heavy atom. The van der Waals surface area contributed by atoms with Crippen LogP contribution in [0.5, 0.6) is 5.75 Å². The van der Waals surface area contributed by atoms with Gasteiger partial charge >= 0.3 is 0 Å². The molecule has 0 aromatic carbocycles. The molecule has 1 saturated carbocycles. The summed E-state index contributed by atoms with van der Waals surface area (Å²) in [5.41, 5.74) is 11.4. The van der Waals surface area contributed by atoms with Crippen LogP contribution in [-0.2, 0) is 0 Å². The molecule has 0 unspecified atom stereocenters. The maximum absolute atomic E-state index is 11.0. The van der Waals surface area contributed by atoms with Crippen LogP contribution in [0.4, 0.5) is 0 Å². The fraction of sp³-hybridized carbons (Fsp3) is 0.538. The molecular formula is C13H19N3O2. The van der Waals surface area contributed by atoms with E-state index in [1.54, 1.807) is 12.3 Å². The summed E-state index contributed by atoms with van der Waals surface area (Å²) in [5, 5.41) is 0. The molecule has 0 saturated heterocycles. The lowest BCUT2D eigenvalue weighted by Crippen LogP contribution is -2.28. The van der Waals surface area contributed by atoms with Gasteiger partial charge in [0.05, 0.1) is 18.4 Å². The third-order valence-electron chi connectivity index (χ3n) is 3.37. The van der Waals surface area contributed by atoms with E-state index in [9.17, 15) is 4.79 Å². The van der Waals surface area contributed by atoms with E-state index in [0.717, 1.165) is 25.7 Å². The van der Waals surface area contributed by atoms with Crippen LogP contribution >= 0.6 is 0 Å². The molecule has 1 aromatic rings. The number of nitrogens with zero attached hydrogens (tertiary/aromatic N) is 1. The van der Waals surface area contributed by atoms with Gasteiger partial charge in [-0.05, 0) is 37.7 Å². The first-order valence-corrected chi connectivity index (χ1v) is 6.28. The van der Waals surface area contributed by atoms with Crippen LogP contribution in [0.1, 0.15) is 36.0 Å². The fourth-order valence-corrected chi connectivity index (χ4v) is 2.20. The zero-order chi connectivity index (χ0) is 13.0. The van der Waals surface area contributed by atoms with E-state index in [1.165, 1.54) is 6.20 Å². The second-order valence-corrected chi connectivity index (χ2v) is 4.87. The summed E-state index contributed by atoms with van der Waals surface area (Å²) < 4.78 is 5.66. The van der Waals surface area contributed by atoms with Crippen LogP contribution in [0.3, 0.4) is 0 Å². The number of hydrogen-bond donors (Lipinski definition) is 2. The highest BCUT2D eigenvalue weighted by atomic mass is 16.5. The Labute approximate surface area is 107 Å². The average molecular weight is 249 g/mol. The largest absolute Gasteiger partial charge is 0.492 e. The lowest BCUT2D eigenvalue weighted by atomic mass is 9.87. The van der Waals surface area contributed by atoms with Crippen LogP contribution in [-0.4, -0.2) is 23.5 Å². The van der Waals surface area contributed by atoms with Crippen molar-refractivity contribution in [3.63, 3.8) is 0 Å². The van der Waals surface area contributed by atoms with Gasteiger partial charge in [0.2, 0.25) is 5.91 Å². The lowest BCUT2D eigenvalue weighted by Gasteiger charge is -2.25. The van der Waals surface area contributed by atoms with Crippen molar-refractivity contribution >= 4 is 5.91 Å². The van der Waals surface area contributed by atoms with Crippen LogP contribution < -0.4 is 16.2 Å². The molecule has 1 aromatic heterocycles. The summed E-state index contributed by atoms with van der Waals surface area (Å²) in [6, 6.07) is 1.98. The number of carbonyl (C=O) groups is 1. The molecule has 5 heteroatoms. The van der Waals surface area contributed by atoms with Crippen LogP contribution in [0.2, 0.25) is 0 Å². The van der Waals surface area contributed by atoms with Gasteiger partial charge in [-0.2, -0.15) is 0 Å². The molecule has 0 aliphatic heterocycles. The lowest BCUT2D eigenvalue weighted by molar-refractivity contribution is 0.0999. The minimum atomic E-state index is -0.489. The van der Waals surface area contributed by atoms with Gasteiger partial charge in [-0.25, -0.2) is 0 Å². The topological polar surface area (TPSA) is 91.2 Å². The molecule has 5 nitrogen and oxygen atoms in total. The first kappa shape index (κ1) is 12.8. The van der Waals surface area contributed by atoms with E-state index in [1.807, 2.05) is 0 Å². The summed E-state index contributed by atoms with van der Waals surface area (Å²) in [7, 11) is 0. The Morgan fingerprint density at radius 1 is 1.33 bits per heavy atom. The molecule has 1 fully saturated rings. The first-order chi connectivity index (χ1) is 8.65. The van der Waals surface area contributed by atoms with Gasteiger partial charge in [0.1, 0.15) is 5.75 Å². The Bertz CT molecular complexity index is 414. The average Bonchev–Trinajstić information content (AvgIpc) is 2.38. The maximum Gasteiger partial charge on any atom is 0.250 e. The fourth-order valence-electron chi connectivity index (χ4n) is 2.20. The van der Waals surface area contributed by atoms with Gasteiger partial charge in [0.15, 0.2) is 0 Å². The van der Waals surface area contributed by atoms with Crippen LogP contribution in [0.15, 0.2) is 18.5 Å². The molecule has 0 atom stereocenters. The van der Waals surface area contributed by atoms with E-state index in [-0.39, 0.29) is 0 Å². The van der Waals surface area contributed by atoms with E-state index in [4.69, 9.17) is 16.2 Å². The summed E-state index contributed by atoms with van der Waals surface area (Å²) in [5.74, 6) is 0.653. The van der Waals surface area contributed by atoms with E-state index in [0.29, 0.717) is 29.9 Å². The van der Waals surface area contributed by atoms with E-state index < -0.39 is 5.91 Å². The van der Waals surface area contributed by atoms with Crippen molar-refractivity contribution in [1.82, 2.24) is 4.98 Å². The van der Waals surface area contributed by atoms with Gasteiger partial charge in [-0.3, -0.25) is 9.78 Å². The number of primary amides is 1. The molecule has 98 valence electrons. The molecule has 0 radical (unpaired) electrons. The number of amides is 1. The highest BCUT2D eigenvalue weighted by Gasteiger charge is 2.19. The third-order valence-corrected chi connectivity index (χ3v) is 3.37. The number of carbonyl (C=O) groups excluding carboxylic acids is 1. The number of hydrogen-bond acceptors (Lipinski definition) is 4. The zero-order valence-corrected chi connectivity index (χ0v) is 10.3. The number of ether oxygens (including phenoxy) is 1. The molecule has 0 bridgehead atoms.